The molecule has 0 aliphatic heterocycles. The number of unbranched alkanes of at least 4 members (excludes halogenated alkanes) is 1. The maximum Gasteiger partial charge on any atom is 0.315 e. The first-order chi connectivity index (χ1) is 15.0. The Labute approximate surface area is 188 Å². The molecule has 1 heterocycles. The molecule has 0 aliphatic carbocycles. The molecule has 1 atom stereocenters. The van der Waals surface area contributed by atoms with Crippen LogP contribution in [-0.4, -0.2) is 27.3 Å². The van der Waals surface area contributed by atoms with Gasteiger partial charge in [0.1, 0.15) is 0 Å². The first-order valence-corrected chi connectivity index (χ1v) is 11.7. The van der Waals surface area contributed by atoms with Gasteiger partial charge in [0, 0.05) is 18.0 Å². The molecule has 31 heavy (non-hydrogen) atoms. The Morgan fingerprint density at radius 2 is 1.84 bits per heavy atom. The summed E-state index contributed by atoms with van der Waals surface area (Å²) < 4.78 is 2.04. The van der Waals surface area contributed by atoms with Crippen molar-refractivity contribution >= 4 is 17.8 Å². The van der Waals surface area contributed by atoms with Gasteiger partial charge in [-0.25, -0.2) is 4.79 Å². The summed E-state index contributed by atoms with van der Waals surface area (Å²) in [4.78, 5) is 12.3. The average Bonchev–Trinajstić information content (AvgIpc) is 3.18. The minimum atomic E-state index is -0.289. The number of hydrogen-bond acceptors (Lipinski definition) is 4. The molecule has 0 spiro atoms. The van der Waals surface area contributed by atoms with E-state index in [9.17, 15) is 4.79 Å². The zero-order valence-corrected chi connectivity index (χ0v) is 19.5. The van der Waals surface area contributed by atoms with Crippen molar-refractivity contribution in [2.45, 2.75) is 57.5 Å². The van der Waals surface area contributed by atoms with Crippen LogP contribution in [0.2, 0.25) is 0 Å². The van der Waals surface area contributed by atoms with Gasteiger partial charge in [-0.15, -0.1) is 10.2 Å². The van der Waals surface area contributed by atoms with Crippen molar-refractivity contribution in [3.8, 4) is 5.69 Å². The highest BCUT2D eigenvalue weighted by Gasteiger charge is 2.21. The van der Waals surface area contributed by atoms with Crippen LogP contribution in [-0.2, 0) is 5.75 Å². The molecule has 1 unspecified atom stereocenters. The molecule has 0 radical (unpaired) electrons. The second-order valence-corrected chi connectivity index (χ2v) is 8.64. The largest absolute Gasteiger partial charge is 0.338 e. The molecule has 2 N–H and O–H groups in total. The van der Waals surface area contributed by atoms with Gasteiger partial charge in [-0.1, -0.05) is 67.1 Å². The molecule has 164 valence electrons. The first-order valence-electron chi connectivity index (χ1n) is 10.7. The summed E-state index contributed by atoms with van der Waals surface area (Å²) in [5, 5.41) is 15.6. The van der Waals surface area contributed by atoms with Crippen LogP contribution in [0, 0.1) is 13.8 Å². The summed E-state index contributed by atoms with van der Waals surface area (Å²) in [6.45, 7) is 8.88. The number of urea groups is 1. The number of amides is 2. The number of aromatic nitrogens is 3. The highest BCUT2D eigenvalue weighted by Crippen LogP contribution is 2.28. The standard InChI is InChI=1S/C24H31N5OS/c1-5-6-15-25-23(30)26-19(4)22-27-28-24(29(22)21-13-11-17(2)12-14-21)31-16-20-10-8-7-9-18(20)3/h7-14,19H,5-6,15-16H2,1-4H3,(H2,25,26,30). The summed E-state index contributed by atoms with van der Waals surface area (Å²) in [7, 11) is 0. The number of carbonyl (C=O) groups excluding carboxylic acids is 1. The SMILES string of the molecule is CCCCNC(=O)NC(C)c1nnc(SCc2ccccc2C)n1-c1ccc(C)cc1. The van der Waals surface area contributed by atoms with Crippen molar-refractivity contribution in [2.24, 2.45) is 0 Å². The van der Waals surface area contributed by atoms with E-state index < -0.39 is 0 Å². The third kappa shape index (κ3) is 6.10. The van der Waals surface area contributed by atoms with Crippen molar-refractivity contribution in [3.63, 3.8) is 0 Å². The van der Waals surface area contributed by atoms with Gasteiger partial charge in [0.25, 0.3) is 0 Å². The molecule has 0 aliphatic rings. The summed E-state index contributed by atoms with van der Waals surface area (Å²) in [5.41, 5.74) is 4.70. The Bertz CT molecular complexity index is 999. The first kappa shape index (κ1) is 22.9. The molecule has 0 fully saturated rings. The lowest BCUT2D eigenvalue weighted by molar-refractivity contribution is 0.237. The fourth-order valence-corrected chi connectivity index (χ4v) is 4.23. The topological polar surface area (TPSA) is 71.8 Å². The van der Waals surface area contributed by atoms with Gasteiger partial charge in [-0.3, -0.25) is 4.57 Å². The number of hydrogen-bond donors (Lipinski definition) is 2. The minimum absolute atomic E-state index is 0.187. The maximum atomic E-state index is 12.3. The normalized spacial score (nSPS) is 11.9. The van der Waals surface area contributed by atoms with Crippen LogP contribution in [0.3, 0.4) is 0 Å². The molecule has 2 aromatic carbocycles. The number of thioether (sulfide) groups is 1. The summed E-state index contributed by atoms with van der Waals surface area (Å²) in [6.07, 6.45) is 2.00. The van der Waals surface area contributed by atoms with Crippen LogP contribution in [0.15, 0.2) is 53.7 Å². The van der Waals surface area contributed by atoms with Crippen molar-refractivity contribution in [3.05, 3.63) is 71.0 Å². The van der Waals surface area contributed by atoms with E-state index in [0.717, 1.165) is 29.4 Å². The lowest BCUT2D eigenvalue weighted by Gasteiger charge is -2.17. The number of rotatable bonds is 9. The lowest BCUT2D eigenvalue weighted by Crippen LogP contribution is -2.38. The summed E-state index contributed by atoms with van der Waals surface area (Å²) in [6, 6.07) is 16.2. The smallest absolute Gasteiger partial charge is 0.315 e. The number of benzene rings is 2. The number of carbonyl (C=O) groups is 1. The zero-order valence-electron chi connectivity index (χ0n) is 18.7. The molecule has 0 bridgehead atoms. The van der Waals surface area contributed by atoms with Crippen LogP contribution in [0.4, 0.5) is 4.79 Å². The monoisotopic (exact) mass is 437 g/mol. The molecule has 6 nitrogen and oxygen atoms in total. The average molecular weight is 438 g/mol. The number of aryl methyl sites for hydroxylation is 2. The Kier molecular flexibility index (Phi) is 8.12. The van der Waals surface area contributed by atoms with E-state index in [2.05, 4.69) is 90.1 Å². The summed E-state index contributed by atoms with van der Waals surface area (Å²) in [5.74, 6) is 1.51. The van der Waals surface area contributed by atoms with E-state index in [1.165, 1.54) is 16.7 Å². The molecule has 0 saturated carbocycles. The predicted octanol–water partition coefficient (Wildman–Crippen LogP) is 5.34. The van der Waals surface area contributed by atoms with Gasteiger partial charge in [-0.2, -0.15) is 0 Å². The molecule has 3 aromatic rings. The van der Waals surface area contributed by atoms with Crippen molar-refractivity contribution < 1.29 is 4.79 Å². The zero-order chi connectivity index (χ0) is 22.2. The van der Waals surface area contributed by atoms with E-state index >= 15 is 0 Å². The Morgan fingerprint density at radius 1 is 1.10 bits per heavy atom. The van der Waals surface area contributed by atoms with E-state index in [1.807, 2.05) is 11.5 Å². The van der Waals surface area contributed by atoms with E-state index in [1.54, 1.807) is 11.8 Å². The quantitative estimate of drug-likeness (QED) is 0.350. The second-order valence-electron chi connectivity index (χ2n) is 7.70. The molecule has 1 aromatic heterocycles. The third-order valence-electron chi connectivity index (χ3n) is 5.12. The predicted molar refractivity (Wildman–Crippen MR) is 127 cm³/mol. The second kappa shape index (κ2) is 11.0. The van der Waals surface area contributed by atoms with Crippen LogP contribution in [0.25, 0.3) is 5.69 Å². The maximum absolute atomic E-state index is 12.3. The van der Waals surface area contributed by atoms with Gasteiger partial charge < -0.3 is 10.6 Å². The highest BCUT2D eigenvalue weighted by molar-refractivity contribution is 7.98. The molecular formula is C24H31N5OS. The third-order valence-corrected chi connectivity index (χ3v) is 6.10. The highest BCUT2D eigenvalue weighted by atomic mass is 32.2. The van der Waals surface area contributed by atoms with Crippen molar-refractivity contribution in [1.29, 1.82) is 0 Å². The molecule has 2 amide bonds. The van der Waals surface area contributed by atoms with Crippen molar-refractivity contribution in [2.75, 3.05) is 6.54 Å². The van der Waals surface area contributed by atoms with Crippen LogP contribution < -0.4 is 10.6 Å². The number of nitrogens with one attached hydrogen (secondary N) is 2. The van der Waals surface area contributed by atoms with Gasteiger partial charge >= 0.3 is 6.03 Å². The lowest BCUT2D eigenvalue weighted by atomic mass is 10.1. The van der Waals surface area contributed by atoms with Gasteiger partial charge in [0.2, 0.25) is 0 Å². The van der Waals surface area contributed by atoms with Crippen LogP contribution in [0.5, 0.6) is 0 Å². The Morgan fingerprint density at radius 3 is 2.55 bits per heavy atom. The van der Waals surface area contributed by atoms with E-state index in [4.69, 9.17) is 0 Å². The molecular weight excluding hydrogens is 406 g/mol. The van der Waals surface area contributed by atoms with E-state index in [-0.39, 0.29) is 12.1 Å². The minimum Gasteiger partial charge on any atom is -0.338 e. The van der Waals surface area contributed by atoms with Crippen LogP contribution >= 0.6 is 11.8 Å². The Hall–Kier alpha value is -2.80. The Balaban J connectivity index is 1.84. The van der Waals surface area contributed by atoms with E-state index in [0.29, 0.717) is 12.4 Å². The summed E-state index contributed by atoms with van der Waals surface area (Å²) >= 11 is 1.65. The van der Waals surface area contributed by atoms with Crippen LogP contribution in [0.1, 0.15) is 55.2 Å². The van der Waals surface area contributed by atoms with Gasteiger partial charge in [0.15, 0.2) is 11.0 Å². The van der Waals surface area contributed by atoms with Gasteiger partial charge in [-0.05, 0) is 50.5 Å². The molecule has 3 rings (SSSR count). The molecule has 0 saturated heterocycles. The fraction of sp³-hybridized carbons (Fsp3) is 0.375. The number of nitrogens with zero attached hydrogens (tertiary/aromatic N) is 3. The molecule has 7 heteroatoms. The van der Waals surface area contributed by atoms with Gasteiger partial charge in [0.05, 0.1) is 6.04 Å². The fourth-order valence-electron chi connectivity index (χ4n) is 3.20. The van der Waals surface area contributed by atoms with Crippen molar-refractivity contribution in [1.82, 2.24) is 25.4 Å².